The average Bonchev–Trinajstić information content (AvgIpc) is 3.06. The van der Waals surface area contributed by atoms with Crippen LogP contribution in [0.1, 0.15) is 17.4 Å². The summed E-state index contributed by atoms with van der Waals surface area (Å²) in [6.07, 6.45) is 1.36. The molecule has 102 valence electrons. The lowest BCUT2D eigenvalue weighted by atomic mass is 10.1. The van der Waals surface area contributed by atoms with E-state index in [-0.39, 0.29) is 5.91 Å². The number of thiazole rings is 1. The number of hydrogen-bond acceptors (Lipinski definition) is 4. The molecule has 20 heavy (non-hydrogen) atoms. The van der Waals surface area contributed by atoms with Crippen molar-refractivity contribution in [2.24, 2.45) is 0 Å². The van der Waals surface area contributed by atoms with Crippen LogP contribution in [0.5, 0.6) is 0 Å². The normalized spacial score (nSPS) is 10.8. The largest absolute Gasteiger partial charge is 0.302 e. The Bertz CT molecular complexity index is 732. The number of para-hydroxylation sites is 1. The van der Waals surface area contributed by atoms with Crippen LogP contribution in [0.4, 0.5) is 5.13 Å². The highest BCUT2D eigenvalue weighted by Crippen LogP contribution is 2.28. The van der Waals surface area contributed by atoms with Crippen LogP contribution >= 0.6 is 22.7 Å². The Hall–Kier alpha value is -1.72. The molecule has 3 rings (SSSR count). The van der Waals surface area contributed by atoms with Crippen LogP contribution in [0.2, 0.25) is 0 Å². The zero-order valence-electron chi connectivity index (χ0n) is 11.1. The van der Waals surface area contributed by atoms with Gasteiger partial charge in [0, 0.05) is 4.88 Å². The van der Waals surface area contributed by atoms with Gasteiger partial charge in [-0.05, 0) is 29.5 Å². The quantitative estimate of drug-likeness (QED) is 0.788. The molecule has 0 aliphatic rings. The standard InChI is InChI=1S/C15H14N2OS2/c1-2-10-5-3-7-12-14(10)17-15(20-12)16-13(18)9-11-6-4-8-19-11/h3-8H,2,9H2,1H3,(H,16,17,18). The highest BCUT2D eigenvalue weighted by Gasteiger charge is 2.10. The second kappa shape index (κ2) is 5.73. The molecule has 0 radical (unpaired) electrons. The van der Waals surface area contributed by atoms with Crippen molar-refractivity contribution < 1.29 is 4.79 Å². The highest BCUT2D eigenvalue weighted by molar-refractivity contribution is 7.22. The van der Waals surface area contributed by atoms with Crippen molar-refractivity contribution in [2.45, 2.75) is 19.8 Å². The molecule has 0 atom stereocenters. The zero-order chi connectivity index (χ0) is 13.9. The monoisotopic (exact) mass is 302 g/mol. The van der Waals surface area contributed by atoms with E-state index in [1.165, 1.54) is 16.9 Å². The topological polar surface area (TPSA) is 42.0 Å². The molecule has 2 aromatic heterocycles. The molecule has 0 saturated heterocycles. The second-order valence-corrected chi connectivity index (χ2v) is 6.50. The van der Waals surface area contributed by atoms with Crippen molar-refractivity contribution in [1.82, 2.24) is 4.98 Å². The third-order valence-corrected chi connectivity index (χ3v) is 4.86. The summed E-state index contributed by atoms with van der Waals surface area (Å²) in [6.45, 7) is 2.11. The van der Waals surface area contributed by atoms with Crippen LogP contribution in [-0.2, 0) is 17.6 Å². The summed E-state index contributed by atoms with van der Waals surface area (Å²) in [5.41, 5.74) is 2.23. The van der Waals surface area contributed by atoms with E-state index in [2.05, 4.69) is 23.3 Å². The number of amides is 1. The van der Waals surface area contributed by atoms with Gasteiger partial charge >= 0.3 is 0 Å². The lowest BCUT2D eigenvalue weighted by Crippen LogP contribution is -2.13. The number of nitrogens with one attached hydrogen (secondary N) is 1. The summed E-state index contributed by atoms with van der Waals surface area (Å²) in [7, 11) is 0. The second-order valence-electron chi connectivity index (χ2n) is 4.44. The summed E-state index contributed by atoms with van der Waals surface area (Å²) in [4.78, 5) is 17.6. The molecule has 5 heteroatoms. The third-order valence-electron chi connectivity index (χ3n) is 3.04. The first-order chi connectivity index (χ1) is 9.76. The Morgan fingerprint density at radius 2 is 2.20 bits per heavy atom. The molecule has 0 spiro atoms. The van der Waals surface area contributed by atoms with Crippen LogP contribution in [0, 0.1) is 0 Å². The number of aromatic nitrogens is 1. The van der Waals surface area contributed by atoms with E-state index in [9.17, 15) is 4.79 Å². The fourth-order valence-corrected chi connectivity index (χ4v) is 3.71. The molecule has 0 aliphatic carbocycles. The summed E-state index contributed by atoms with van der Waals surface area (Å²) >= 11 is 3.12. The number of carbonyl (C=O) groups excluding carboxylic acids is 1. The first-order valence-corrected chi connectivity index (χ1v) is 8.16. The van der Waals surface area contributed by atoms with Gasteiger partial charge in [-0.1, -0.05) is 36.5 Å². The first kappa shape index (κ1) is 13.3. The number of rotatable bonds is 4. The maximum absolute atomic E-state index is 12.0. The van der Waals surface area contributed by atoms with Crippen LogP contribution in [-0.4, -0.2) is 10.9 Å². The molecular formula is C15H14N2OS2. The molecule has 3 aromatic rings. The third kappa shape index (κ3) is 2.73. The summed E-state index contributed by atoms with van der Waals surface area (Å²) in [5.74, 6) is -0.00967. The number of anilines is 1. The number of nitrogens with zero attached hydrogens (tertiary/aromatic N) is 1. The predicted molar refractivity (Wildman–Crippen MR) is 85.7 cm³/mol. The molecule has 3 nitrogen and oxygen atoms in total. The molecule has 1 N–H and O–H groups in total. The fraction of sp³-hybridized carbons (Fsp3) is 0.200. The molecule has 2 heterocycles. The van der Waals surface area contributed by atoms with Gasteiger partial charge in [-0.2, -0.15) is 0 Å². The SMILES string of the molecule is CCc1cccc2sc(NC(=O)Cc3cccs3)nc12. The van der Waals surface area contributed by atoms with Gasteiger partial charge in [-0.25, -0.2) is 4.98 Å². The first-order valence-electron chi connectivity index (χ1n) is 6.47. The number of aryl methyl sites for hydroxylation is 1. The minimum atomic E-state index is -0.00967. The van der Waals surface area contributed by atoms with Crippen LogP contribution in [0.3, 0.4) is 0 Å². The Morgan fingerprint density at radius 1 is 1.30 bits per heavy atom. The van der Waals surface area contributed by atoms with E-state index in [1.807, 2.05) is 29.6 Å². The predicted octanol–water partition coefficient (Wildman–Crippen LogP) is 4.10. The number of fused-ring (bicyclic) bond motifs is 1. The molecule has 1 aromatic carbocycles. The van der Waals surface area contributed by atoms with E-state index in [1.54, 1.807) is 11.3 Å². The van der Waals surface area contributed by atoms with Crippen molar-refractivity contribution >= 4 is 43.9 Å². The van der Waals surface area contributed by atoms with Gasteiger partial charge in [0.15, 0.2) is 5.13 Å². The van der Waals surface area contributed by atoms with Gasteiger partial charge in [-0.15, -0.1) is 11.3 Å². The number of hydrogen-bond donors (Lipinski definition) is 1. The Labute approximate surface area is 125 Å². The van der Waals surface area contributed by atoms with Gasteiger partial charge in [-0.3, -0.25) is 4.79 Å². The Balaban J connectivity index is 1.79. The number of thiophene rings is 1. The molecule has 0 fully saturated rings. The van der Waals surface area contributed by atoms with Crippen molar-refractivity contribution in [3.05, 3.63) is 46.2 Å². The molecule has 0 bridgehead atoms. The molecule has 1 amide bonds. The molecule has 0 saturated carbocycles. The van der Waals surface area contributed by atoms with Crippen LogP contribution < -0.4 is 5.32 Å². The van der Waals surface area contributed by atoms with Crippen LogP contribution in [0.15, 0.2) is 35.7 Å². The van der Waals surface area contributed by atoms with E-state index in [4.69, 9.17) is 0 Å². The fourth-order valence-electron chi connectivity index (χ4n) is 2.08. The van der Waals surface area contributed by atoms with Gasteiger partial charge in [0.1, 0.15) is 0 Å². The number of benzene rings is 1. The smallest absolute Gasteiger partial charge is 0.231 e. The van der Waals surface area contributed by atoms with Gasteiger partial charge < -0.3 is 5.32 Å². The van der Waals surface area contributed by atoms with Gasteiger partial charge in [0.2, 0.25) is 5.91 Å². The minimum absolute atomic E-state index is 0.00967. The Morgan fingerprint density at radius 3 is 2.95 bits per heavy atom. The summed E-state index contributed by atoms with van der Waals surface area (Å²) in [5, 5.41) is 5.56. The molecule has 0 unspecified atom stereocenters. The summed E-state index contributed by atoms with van der Waals surface area (Å²) < 4.78 is 1.12. The van der Waals surface area contributed by atoms with Crippen molar-refractivity contribution in [3.8, 4) is 0 Å². The van der Waals surface area contributed by atoms with Crippen LogP contribution in [0.25, 0.3) is 10.2 Å². The van der Waals surface area contributed by atoms with E-state index < -0.39 is 0 Å². The maximum atomic E-state index is 12.0. The lowest BCUT2D eigenvalue weighted by molar-refractivity contribution is -0.115. The number of carbonyl (C=O) groups is 1. The van der Waals surface area contributed by atoms with Crippen molar-refractivity contribution in [1.29, 1.82) is 0 Å². The van der Waals surface area contributed by atoms with Gasteiger partial charge in [0.05, 0.1) is 16.6 Å². The van der Waals surface area contributed by atoms with Gasteiger partial charge in [0.25, 0.3) is 0 Å². The van der Waals surface area contributed by atoms with E-state index in [0.29, 0.717) is 11.6 Å². The minimum Gasteiger partial charge on any atom is -0.302 e. The van der Waals surface area contributed by atoms with Crippen molar-refractivity contribution in [3.63, 3.8) is 0 Å². The highest BCUT2D eigenvalue weighted by atomic mass is 32.1. The van der Waals surface area contributed by atoms with E-state index in [0.717, 1.165) is 21.5 Å². The molecule has 0 aliphatic heterocycles. The molecular weight excluding hydrogens is 288 g/mol. The van der Waals surface area contributed by atoms with E-state index >= 15 is 0 Å². The maximum Gasteiger partial charge on any atom is 0.231 e. The Kier molecular flexibility index (Phi) is 3.80. The zero-order valence-corrected chi connectivity index (χ0v) is 12.7. The average molecular weight is 302 g/mol. The lowest BCUT2D eigenvalue weighted by Gasteiger charge is -1.99. The van der Waals surface area contributed by atoms with Crippen molar-refractivity contribution in [2.75, 3.05) is 5.32 Å². The summed E-state index contributed by atoms with van der Waals surface area (Å²) in [6, 6.07) is 10.1.